The van der Waals surface area contributed by atoms with Crippen molar-refractivity contribution in [3.05, 3.63) is 59.4 Å². The third kappa shape index (κ3) is 2.73. The number of nitrogens with zero attached hydrogens (tertiary/aromatic N) is 2. The maximum Gasteiger partial charge on any atom is 0.0544 e. The molecule has 3 rings (SSSR count). The normalized spacial score (nSPS) is 18.1. The van der Waals surface area contributed by atoms with Crippen molar-refractivity contribution >= 4 is 0 Å². The first-order valence-corrected chi connectivity index (χ1v) is 7.46. The van der Waals surface area contributed by atoms with Crippen LogP contribution in [0.15, 0.2) is 42.7 Å². The van der Waals surface area contributed by atoms with E-state index in [1.165, 1.54) is 23.1 Å². The SMILES string of the molecule is CCCNC(CC1Cc2ccccc21)c1ccnnc1. The van der Waals surface area contributed by atoms with Crippen molar-refractivity contribution in [3.8, 4) is 0 Å². The van der Waals surface area contributed by atoms with Crippen LogP contribution < -0.4 is 5.32 Å². The minimum Gasteiger partial charge on any atom is -0.310 e. The second-order valence-corrected chi connectivity index (χ2v) is 5.52. The summed E-state index contributed by atoms with van der Waals surface area (Å²) in [5.41, 5.74) is 4.29. The first-order chi connectivity index (χ1) is 9.88. The Labute approximate surface area is 120 Å². The molecule has 0 saturated carbocycles. The number of fused-ring (bicyclic) bond motifs is 1. The van der Waals surface area contributed by atoms with Gasteiger partial charge in [-0.05, 0) is 54.5 Å². The minimum absolute atomic E-state index is 0.379. The molecule has 104 valence electrons. The standard InChI is InChI=1S/C17H21N3/c1-2-8-18-17(14-7-9-19-20-12-14)11-15-10-13-5-3-4-6-16(13)15/h3-7,9,12,15,17-18H,2,8,10-11H2,1H3. The largest absolute Gasteiger partial charge is 0.310 e. The van der Waals surface area contributed by atoms with Gasteiger partial charge in [0.1, 0.15) is 0 Å². The van der Waals surface area contributed by atoms with Crippen LogP contribution in [0.2, 0.25) is 0 Å². The van der Waals surface area contributed by atoms with Crippen LogP contribution in [-0.4, -0.2) is 16.7 Å². The van der Waals surface area contributed by atoms with Crippen molar-refractivity contribution in [2.24, 2.45) is 0 Å². The van der Waals surface area contributed by atoms with Crippen LogP contribution >= 0.6 is 0 Å². The zero-order valence-electron chi connectivity index (χ0n) is 11.9. The highest BCUT2D eigenvalue weighted by molar-refractivity contribution is 5.40. The van der Waals surface area contributed by atoms with Gasteiger partial charge in [0, 0.05) is 12.2 Å². The molecule has 1 N–H and O–H groups in total. The fraction of sp³-hybridized carbons (Fsp3) is 0.412. The van der Waals surface area contributed by atoms with E-state index in [4.69, 9.17) is 0 Å². The summed E-state index contributed by atoms with van der Waals surface area (Å²) < 4.78 is 0. The van der Waals surface area contributed by atoms with Crippen LogP contribution in [0.4, 0.5) is 0 Å². The van der Waals surface area contributed by atoms with E-state index in [0.717, 1.165) is 19.4 Å². The molecule has 2 aromatic rings. The highest BCUT2D eigenvalue weighted by atomic mass is 15.1. The molecule has 0 amide bonds. The molecule has 0 fully saturated rings. The third-order valence-corrected chi connectivity index (χ3v) is 4.13. The van der Waals surface area contributed by atoms with E-state index in [-0.39, 0.29) is 0 Å². The summed E-state index contributed by atoms with van der Waals surface area (Å²) in [6, 6.07) is 11.2. The van der Waals surface area contributed by atoms with Gasteiger partial charge in [-0.1, -0.05) is 31.2 Å². The van der Waals surface area contributed by atoms with Crippen LogP contribution in [0.3, 0.4) is 0 Å². The van der Waals surface area contributed by atoms with Gasteiger partial charge in [-0.3, -0.25) is 0 Å². The Balaban J connectivity index is 1.72. The molecule has 2 unspecified atom stereocenters. The molecule has 0 radical (unpaired) electrons. The maximum absolute atomic E-state index is 4.02. The van der Waals surface area contributed by atoms with E-state index >= 15 is 0 Å². The molecule has 0 bridgehead atoms. The van der Waals surface area contributed by atoms with Gasteiger partial charge in [0.05, 0.1) is 6.20 Å². The lowest BCUT2D eigenvalue weighted by Crippen LogP contribution is -2.27. The summed E-state index contributed by atoms with van der Waals surface area (Å²) in [6.07, 6.45) is 7.17. The van der Waals surface area contributed by atoms with Gasteiger partial charge in [0.25, 0.3) is 0 Å². The van der Waals surface area contributed by atoms with E-state index in [0.29, 0.717) is 12.0 Å². The summed E-state index contributed by atoms with van der Waals surface area (Å²) in [5, 5.41) is 11.5. The second-order valence-electron chi connectivity index (χ2n) is 5.52. The number of nitrogens with one attached hydrogen (secondary N) is 1. The summed E-state index contributed by atoms with van der Waals surface area (Å²) in [7, 11) is 0. The molecule has 1 heterocycles. The zero-order valence-corrected chi connectivity index (χ0v) is 11.9. The smallest absolute Gasteiger partial charge is 0.0544 e. The molecular weight excluding hydrogens is 246 g/mol. The molecule has 1 aliphatic carbocycles. The lowest BCUT2D eigenvalue weighted by atomic mass is 9.74. The lowest BCUT2D eigenvalue weighted by Gasteiger charge is -2.33. The molecule has 1 aliphatic rings. The molecular formula is C17H21N3. The number of benzene rings is 1. The van der Waals surface area contributed by atoms with Crippen molar-refractivity contribution in [3.63, 3.8) is 0 Å². The van der Waals surface area contributed by atoms with E-state index < -0.39 is 0 Å². The van der Waals surface area contributed by atoms with Crippen molar-refractivity contribution in [2.45, 2.75) is 38.1 Å². The number of hydrogen-bond donors (Lipinski definition) is 1. The summed E-state index contributed by atoms with van der Waals surface area (Å²) in [4.78, 5) is 0. The quantitative estimate of drug-likeness (QED) is 0.873. The van der Waals surface area contributed by atoms with Crippen molar-refractivity contribution in [1.29, 1.82) is 0 Å². The van der Waals surface area contributed by atoms with Gasteiger partial charge < -0.3 is 5.32 Å². The topological polar surface area (TPSA) is 37.8 Å². The van der Waals surface area contributed by atoms with E-state index in [1.54, 1.807) is 6.20 Å². The predicted octanol–water partition coefficient (Wildman–Crippen LogP) is 3.25. The van der Waals surface area contributed by atoms with Crippen LogP contribution in [0, 0.1) is 0 Å². The van der Waals surface area contributed by atoms with Crippen LogP contribution in [0.1, 0.15) is 48.4 Å². The molecule has 3 heteroatoms. The highest BCUT2D eigenvalue weighted by Gasteiger charge is 2.28. The van der Waals surface area contributed by atoms with E-state index in [9.17, 15) is 0 Å². The highest BCUT2D eigenvalue weighted by Crippen LogP contribution is 2.40. The molecule has 1 aromatic carbocycles. The minimum atomic E-state index is 0.379. The lowest BCUT2D eigenvalue weighted by molar-refractivity contribution is 0.427. The first kappa shape index (κ1) is 13.3. The Morgan fingerprint density at radius 1 is 1.25 bits per heavy atom. The Hall–Kier alpha value is -1.74. The number of hydrogen-bond acceptors (Lipinski definition) is 3. The molecule has 0 aliphatic heterocycles. The molecule has 20 heavy (non-hydrogen) atoms. The zero-order chi connectivity index (χ0) is 13.8. The second kappa shape index (κ2) is 6.14. The summed E-state index contributed by atoms with van der Waals surface area (Å²) in [6.45, 7) is 3.24. The Kier molecular flexibility index (Phi) is 4.07. The van der Waals surface area contributed by atoms with Crippen molar-refractivity contribution < 1.29 is 0 Å². The monoisotopic (exact) mass is 267 g/mol. The van der Waals surface area contributed by atoms with Gasteiger partial charge in [0.2, 0.25) is 0 Å². The fourth-order valence-electron chi connectivity index (χ4n) is 3.02. The average molecular weight is 267 g/mol. The maximum atomic E-state index is 4.02. The Bertz CT molecular complexity index is 553. The average Bonchev–Trinajstić information content (AvgIpc) is 2.49. The molecule has 3 nitrogen and oxygen atoms in total. The van der Waals surface area contributed by atoms with Gasteiger partial charge in [-0.2, -0.15) is 10.2 Å². The van der Waals surface area contributed by atoms with Gasteiger partial charge >= 0.3 is 0 Å². The molecule has 1 aromatic heterocycles. The Morgan fingerprint density at radius 3 is 2.90 bits per heavy atom. The fourth-order valence-corrected chi connectivity index (χ4v) is 3.02. The Morgan fingerprint density at radius 2 is 2.15 bits per heavy atom. The van der Waals surface area contributed by atoms with E-state index in [1.807, 2.05) is 6.20 Å². The van der Waals surface area contributed by atoms with Crippen LogP contribution in [0.25, 0.3) is 0 Å². The molecule has 0 saturated heterocycles. The number of aromatic nitrogens is 2. The number of rotatable bonds is 6. The van der Waals surface area contributed by atoms with Gasteiger partial charge in [-0.25, -0.2) is 0 Å². The van der Waals surface area contributed by atoms with Crippen molar-refractivity contribution in [2.75, 3.05) is 6.54 Å². The van der Waals surface area contributed by atoms with Gasteiger partial charge in [0.15, 0.2) is 0 Å². The summed E-state index contributed by atoms with van der Waals surface area (Å²) in [5.74, 6) is 0.675. The van der Waals surface area contributed by atoms with Crippen LogP contribution in [0.5, 0.6) is 0 Å². The first-order valence-electron chi connectivity index (χ1n) is 7.46. The van der Waals surface area contributed by atoms with Gasteiger partial charge in [-0.15, -0.1) is 0 Å². The molecule has 2 atom stereocenters. The molecule has 0 spiro atoms. The van der Waals surface area contributed by atoms with E-state index in [2.05, 4.69) is 52.8 Å². The van der Waals surface area contributed by atoms with Crippen molar-refractivity contribution in [1.82, 2.24) is 15.5 Å². The third-order valence-electron chi connectivity index (χ3n) is 4.13. The predicted molar refractivity (Wildman–Crippen MR) is 80.6 cm³/mol. The van der Waals surface area contributed by atoms with Crippen LogP contribution in [-0.2, 0) is 6.42 Å². The summed E-state index contributed by atoms with van der Waals surface area (Å²) >= 11 is 0.